The van der Waals surface area contributed by atoms with E-state index in [1.165, 1.54) is 0 Å². The van der Waals surface area contributed by atoms with E-state index in [0.717, 1.165) is 12.0 Å². The van der Waals surface area contributed by atoms with Crippen LogP contribution >= 0.6 is 0 Å². The van der Waals surface area contributed by atoms with Gasteiger partial charge in [0.15, 0.2) is 0 Å². The monoisotopic (exact) mass is 271 g/mol. The van der Waals surface area contributed by atoms with Gasteiger partial charge in [-0.05, 0) is 37.2 Å². The Bertz CT molecular complexity index is 388. The summed E-state index contributed by atoms with van der Waals surface area (Å²) in [6, 6.07) is 9.57. The lowest BCUT2D eigenvalue weighted by Crippen LogP contribution is -2.38. The van der Waals surface area contributed by atoms with Crippen molar-refractivity contribution in [3.8, 4) is 0 Å². The van der Waals surface area contributed by atoms with Crippen molar-refractivity contribution < 1.29 is 13.2 Å². The highest BCUT2D eigenvalue weighted by molar-refractivity contribution is 5.16. The topological polar surface area (TPSA) is 26.0 Å². The molecule has 0 saturated heterocycles. The number of nitrogens with two attached hydrogens (primary N) is 1. The predicted octanol–water partition coefficient (Wildman–Crippen LogP) is 3.93. The molecule has 0 aliphatic heterocycles. The van der Waals surface area contributed by atoms with Gasteiger partial charge in [-0.25, -0.2) is 0 Å². The van der Waals surface area contributed by atoms with E-state index in [4.69, 9.17) is 5.73 Å². The van der Waals surface area contributed by atoms with E-state index in [1.807, 2.05) is 30.3 Å². The number of hydrogen-bond acceptors (Lipinski definition) is 1. The first kappa shape index (κ1) is 14.4. The third-order valence-corrected chi connectivity index (χ3v) is 4.10. The Hall–Kier alpha value is -1.03. The zero-order chi connectivity index (χ0) is 13.9. The summed E-state index contributed by atoms with van der Waals surface area (Å²) in [5.74, 6) is -1.17. The van der Waals surface area contributed by atoms with E-state index in [2.05, 4.69) is 0 Å². The van der Waals surface area contributed by atoms with Crippen LogP contribution < -0.4 is 5.73 Å². The molecule has 106 valence electrons. The lowest BCUT2D eigenvalue weighted by atomic mass is 9.76. The summed E-state index contributed by atoms with van der Waals surface area (Å²) in [5, 5.41) is 0. The van der Waals surface area contributed by atoms with Crippen LogP contribution in [0.3, 0.4) is 0 Å². The summed E-state index contributed by atoms with van der Waals surface area (Å²) in [7, 11) is 0. The molecular formula is C15H20F3N. The molecular weight excluding hydrogens is 251 g/mol. The highest BCUT2D eigenvalue weighted by Crippen LogP contribution is 2.40. The highest BCUT2D eigenvalue weighted by Gasteiger charge is 2.43. The minimum absolute atomic E-state index is 0.0134. The normalized spacial score (nSPS) is 26.1. The predicted molar refractivity (Wildman–Crippen MR) is 69.6 cm³/mol. The van der Waals surface area contributed by atoms with Gasteiger partial charge in [-0.3, -0.25) is 0 Å². The standard InChI is InChI=1S/C15H20F3N/c16-15(17,18)13-8-4-7-12(10-13)14(19)9-11-5-2-1-3-6-11/h1-3,5-6,12-14H,4,7-10,19H2. The fraction of sp³-hybridized carbons (Fsp3) is 0.600. The average Bonchev–Trinajstić information content (AvgIpc) is 2.39. The molecule has 1 aromatic rings. The molecule has 0 spiro atoms. The van der Waals surface area contributed by atoms with E-state index >= 15 is 0 Å². The molecule has 1 saturated carbocycles. The molecule has 4 heteroatoms. The SMILES string of the molecule is NC(Cc1ccccc1)C1CCCC(C(F)(F)F)C1. The van der Waals surface area contributed by atoms with Crippen molar-refractivity contribution in [3.63, 3.8) is 0 Å². The summed E-state index contributed by atoms with van der Waals surface area (Å²) in [6.45, 7) is 0. The van der Waals surface area contributed by atoms with Crippen LogP contribution in [0, 0.1) is 11.8 Å². The molecule has 3 unspecified atom stereocenters. The van der Waals surface area contributed by atoms with Gasteiger partial charge in [-0.15, -0.1) is 0 Å². The van der Waals surface area contributed by atoms with E-state index in [-0.39, 0.29) is 24.8 Å². The van der Waals surface area contributed by atoms with Gasteiger partial charge < -0.3 is 5.73 Å². The van der Waals surface area contributed by atoms with E-state index in [9.17, 15) is 13.2 Å². The Kier molecular flexibility index (Phi) is 4.50. The Morgan fingerprint density at radius 2 is 1.84 bits per heavy atom. The summed E-state index contributed by atoms with van der Waals surface area (Å²) in [5.41, 5.74) is 7.22. The van der Waals surface area contributed by atoms with E-state index in [0.29, 0.717) is 12.8 Å². The lowest BCUT2D eigenvalue weighted by molar-refractivity contribution is -0.186. The van der Waals surface area contributed by atoms with Gasteiger partial charge in [-0.1, -0.05) is 36.8 Å². The Morgan fingerprint density at radius 3 is 2.47 bits per heavy atom. The Labute approximate surface area is 112 Å². The Morgan fingerprint density at radius 1 is 1.16 bits per heavy atom. The van der Waals surface area contributed by atoms with Gasteiger partial charge in [0.2, 0.25) is 0 Å². The van der Waals surface area contributed by atoms with Crippen LogP contribution in [0.5, 0.6) is 0 Å². The summed E-state index contributed by atoms with van der Waals surface area (Å²) < 4.78 is 38.3. The number of benzene rings is 1. The quantitative estimate of drug-likeness (QED) is 0.885. The van der Waals surface area contributed by atoms with Gasteiger partial charge in [-0.2, -0.15) is 13.2 Å². The zero-order valence-electron chi connectivity index (χ0n) is 10.9. The van der Waals surface area contributed by atoms with Crippen LogP contribution in [0.15, 0.2) is 30.3 Å². The molecule has 19 heavy (non-hydrogen) atoms. The molecule has 1 nitrogen and oxygen atoms in total. The third kappa shape index (κ3) is 3.96. The number of hydrogen-bond donors (Lipinski definition) is 1. The molecule has 3 atom stereocenters. The van der Waals surface area contributed by atoms with Crippen molar-refractivity contribution in [2.24, 2.45) is 17.6 Å². The second-order valence-electron chi connectivity index (χ2n) is 5.52. The summed E-state index contributed by atoms with van der Waals surface area (Å²) in [6.07, 6.45) is -1.49. The molecule has 1 aromatic carbocycles. The van der Waals surface area contributed by atoms with Gasteiger partial charge >= 0.3 is 6.18 Å². The number of rotatable bonds is 3. The first-order chi connectivity index (χ1) is 8.97. The Balaban J connectivity index is 1.94. The largest absolute Gasteiger partial charge is 0.391 e. The van der Waals surface area contributed by atoms with Gasteiger partial charge in [0.1, 0.15) is 0 Å². The maximum atomic E-state index is 12.8. The van der Waals surface area contributed by atoms with Crippen LogP contribution in [0.4, 0.5) is 13.2 Å². The average molecular weight is 271 g/mol. The zero-order valence-corrected chi connectivity index (χ0v) is 10.9. The first-order valence-corrected chi connectivity index (χ1v) is 6.83. The minimum Gasteiger partial charge on any atom is -0.327 e. The minimum atomic E-state index is -4.06. The van der Waals surface area contributed by atoms with Crippen molar-refractivity contribution in [2.75, 3.05) is 0 Å². The van der Waals surface area contributed by atoms with Crippen LogP contribution in [-0.2, 0) is 6.42 Å². The maximum Gasteiger partial charge on any atom is 0.391 e. The number of alkyl halides is 3. The molecule has 0 aromatic heterocycles. The molecule has 0 bridgehead atoms. The second kappa shape index (κ2) is 5.95. The van der Waals surface area contributed by atoms with Crippen molar-refractivity contribution in [1.82, 2.24) is 0 Å². The van der Waals surface area contributed by atoms with Crippen molar-refractivity contribution in [2.45, 2.75) is 44.3 Å². The molecule has 1 aliphatic carbocycles. The van der Waals surface area contributed by atoms with Gasteiger partial charge in [0, 0.05) is 6.04 Å². The molecule has 0 heterocycles. The van der Waals surface area contributed by atoms with Crippen LogP contribution in [0.1, 0.15) is 31.2 Å². The highest BCUT2D eigenvalue weighted by atomic mass is 19.4. The fourth-order valence-corrected chi connectivity index (χ4v) is 2.97. The molecule has 1 aliphatic rings. The van der Waals surface area contributed by atoms with Crippen LogP contribution in [-0.4, -0.2) is 12.2 Å². The number of halogens is 3. The third-order valence-electron chi connectivity index (χ3n) is 4.10. The first-order valence-electron chi connectivity index (χ1n) is 6.83. The smallest absolute Gasteiger partial charge is 0.327 e. The molecule has 0 radical (unpaired) electrons. The summed E-state index contributed by atoms with van der Waals surface area (Å²) in [4.78, 5) is 0. The van der Waals surface area contributed by atoms with Gasteiger partial charge in [0.25, 0.3) is 0 Å². The fourth-order valence-electron chi connectivity index (χ4n) is 2.97. The van der Waals surface area contributed by atoms with Crippen molar-refractivity contribution in [1.29, 1.82) is 0 Å². The van der Waals surface area contributed by atoms with Crippen LogP contribution in [0.2, 0.25) is 0 Å². The molecule has 2 N–H and O–H groups in total. The van der Waals surface area contributed by atoms with Crippen molar-refractivity contribution >= 4 is 0 Å². The second-order valence-corrected chi connectivity index (χ2v) is 5.52. The van der Waals surface area contributed by atoms with E-state index < -0.39 is 12.1 Å². The maximum absolute atomic E-state index is 12.8. The summed E-state index contributed by atoms with van der Waals surface area (Å²) >= 11 is 0. The molecule has 0 amide bonds. The lowest BCUT2D eigenvalue weighted by Gasteiger charge is -2.33. The van der Waals surface area contributed by atoms with Crippen LogP contribution in [0.25, 0.3) is 0 Å². The van der Waals surface area contributed by atoms with Gasteiger partial charge in [0.05, 0.1) is 5.92 Å². The van der Waals surface area contributed by atoms with E-state index in [1.54, 1.807) is 0 Å². The van der Waals surface area contributed by atoms with Crippen molar-refractivity contribution in [3.05, 3.63) is 35.9 Å². The molecule has 2 rings (SSSR count). The molecule has 1 fully saturated rings.